The van der Waals surface area contributed by atoms with Gasteiger partial charge in [-0.15, -0.1) is 0 Å². The van der Waals surface area contributed by atoms with Gasteiger partial charge in [0.05, 0.1) is 5.70 Å². The van der Waals surface area contributed by atoms with E-state index in [1.54, 1.807) is 11.2 Å². The fourth-order valence-corrected chi connectivity index (χ4v) is 4.37. The average Bonchev–Trinajstić information content (AvgIpc) is 3.42. The summed E-state index contributed by atoms with van der Waals surface area (Å²) in [6.07, 6.45) is 5.00. The molecular weight excluding hydrogens is 538 g/mol. The first-order valence-electron chi connectivity index (χ1n) is 15.1. The summed E-state index contributed by atoms with van der Waals surface area (Å²) >= 11 is 0. The summed E-state index contributed by atoms with van der Waals surface area (Å²) < 4.78 is 6.26. The van der Waals surface area contributed by atoms with Crippen LogP contribution < -0.4 is 22.2 Å². The van der Waals surface area contributed by atoms with Crippen molar-refractivity contribution in [3.05, 3.63) is 78.6 Å². The van der Waals surface area contributed by atoms with Crippen LogP contribution in [-0.2, 0) is 6.42 Å². The summed E-state index contributed by atoms with van der Waals surface area (Å²) in [5.41, 5.74) is 9.62. The van der Waals surface area contributed by atoms with Crippen LogP contribution in [0.15, 0.2) is 71.3 Å². The van der Waals surface area contributed by atoms with Gasteiger partial charge < -0.3 is 25.8 Å². The monoisotopic (exact) mass is 583 g/mol. The van der Waals surface area contributed by atoms with Crippen molar-refractivity contribution in [1.29, 1.82) is 0 Å². The second-order valence-electron chi connectivity index (χ2n) is 11.5. The predicted molar refractivity (Wildman–Crippen MR) is 174 cm³/mol. The Labute approximate surface area is 255 Å². The number of hydrogen-bond donors (Lipinski definition) is 4. The molecule has 4 rings (SSSR count). The second-order valence-corrected chi connectivity index (χ2v) is 11.5. The van der Waals surface area contributed by atoms with Gasteiger partial charge in [-0.2, -0.15) is 15.0 Å². The maximum Gasteiger partial charge on any atom is 0.228 e. The van der Waals surface area contributed by atoms with E-state index in [0.29, 0.717) is 60.5 Å². The van der Waals surface area contributed by atoms with Gasteiger partial charge in [-0.1, -0.05) is 88.4 Å². The summed E-state index contributed by atoms with van der Waals surface area (Å²) in [6, 6.07) is 20.1. The van der Waals surface area contributed by atoms with E-state index >= 15 is 0 Å². The lowest BCUT2D eigenvalue weighted by Crippen LogP contribution is -2.28. The van der Waals surface area contributed by atoms with Crippen molar-refractivity contribution >= 4 is 17.6 Å². The Hall–Kier alpha value is -4.44. The summed E-state index contributed by atoms with van der Waals surface area (Å²) in [6.45, 7) is 10.8. The van der Waals surface area contributed by atoms with Crippen LogP contribution in [0.1, 0.15) is 58.7 Å². The quantitative estimate of drug-likeness (QED) is 0.0892. The van der Waals surface area contributed by atoms with Crippen LogP contribution in [0, 0.1) is 11.8 Å². The number of hydrazine groups is 1. The Balaban J connectivity index is 1.42. The first-order valence-corrected chi connectivity index (χ1v) is 15.1. The van der Waals surface area contributed by atoms with E-state index in [2.05, 4.69) is 53.3 Å². The molecule has 0 radical (unpaired) electrons. The molecule has 0 atom stereocenters. The molecule has 6 N–H and O–H groups in total. The van der Waals surface area contributed by atoms with Crippen LogP contribution in [-0.4, -0.2) is 44.6 Å². The third-order valence-corrected chi connectivity index (χ3v) is 6.77. The molecule has 43 heavy (non-hydrogen) atoms. The Morgan fingerprint density at radius 3 is 1.93 bits per heavy atom. The zero-order valence-corrected chi connectivity index (χ0v) is 25.8. The third-order valence-electron chi connectivity index (χ3n) is 6.77. The van der Waals surface area contributed by atoms with E-state index in [9.17, 15) is 0 Å². The highest BCUT2D eigenvalue weighted by Gasteiger charge is 2.17. The van der Waals surface area contributed by atoms with Gasteiger partial charge in [-0.05, 0) is 31.1 Å². The number of hydrogen-bond acceptors (Lipinski definition) is 10. The smallest absolute Gasteiger partial charge is 0.228 e. The molecule has 0 aliphatic rings. The number of aromatic nitrogens is 4. The molecule has 0 aliphatic heterocycles. The molecule has 0 unspecified atom stereocenters. The third kappa shape index (κ3) is 9.82. The van der Waals surface area contributed by atoms with Crippen molar-refractivity contribution in [2.24, 2.45) is 23.4 Å². The number of aryl methyl sites for hydroxylation is 1. The zero-order valence-electron chi connectivity index (χ0n) is 25.8. The molecule has 0 fully saturated rings. The number of nitrogens with one attached hydrogen (secondary N) is 2. The van der Waals surface area contributed by atoms with Crippen LogP contribution in [0.3, 0.4) is 0 Å². The molecule has 0 spiro atoms. The van der Waals surface area contributed by atoms with E-state index in [1.165, 1.54) is 0 Å². The van der Waals surface area contributed by atoms with Gasteiger partial charge in [0.2, 0.25) is 11.9 Å². The van der Waals surface area contributed by atoms with Crippen molar-refractivity contribution in [3.63, 3.8) is 0 Å². The molecule has 10 nitrogen and oxygen atoms in total. The molecule has 0 saturated carbocycles. The Kier molecular flexibility index (Phi) is 11.5. The van der Waals surface area contributed by atoms with Crippen LogP contribution >= 0.6 is 0 Å². The van der Waals surface area contributed by atoms with Gasteiger partial charge in [0.25, 0.3) is 0 Å². The largest absolute Gasteiger partial charge is 0.440 e. The molecule has 0 amide bonds. The van der Waals surface area contributed by atoms with E-state index in [4.69, 9.17) is 21.0 Å². The molecule has 4 aromatic rings. The molecule has 2 aromatic carbocycles. The van der Waals surface area contributed by atoms with Crippen molar-refractivity contribution < 1.29 is 4.42 Å². The van der Waals surface area contributed by atoms with Crippen molar-refractivity contribution in [2.75, 3.05) is 30.3 Å². The first-order chi connectivity index (χ1) is 20.8. The number of anilines is 2. The van der Waals surface area contributed by atoms with Gasteiger partial charge in [0.15, 0.2) is 17.5 Å². The minimum Gasteiger partial charge on any atom is -0.440 e. The van der Waals surface area contributed by atoms with Crippen LogP contribution in [0.4, 0.5) is 11.9 Å². The molecule has 228 valence electrons. The number of nitrogens with two attached hydrogens (primary N) is 2. The average molecular weight is 584 g/mol. The standard InChI is InChI=1S/C33H45N9O/c1-23(2)17-19-36-32-39-31(40-33(41-32)37-20-18-24(3)4)27(34)22-42(35)21-11-16-28-38-29(25-12-7-5-8-13-25)30(43-28)26-14-9-6-10-15-26/h5-10,12-15,22-24H,11,16-21,34-35H2,1-4H3,(H2,36,37,39,40,41)/b27-22-. The molecular formula is C33H45N9O. The van der Waals surface area contributed by atoms with Gasteiger partial charge in [0.1, 0.15) is 5.69 Å². The maximum atomic E-state index is 6.42. The van der Waals surface area contributed by atoms with E-state index in [0.717, 1.165) is 48.5 Å². The highest BCUT2D eigenvalue weighted by atomic mass is 16.4. The van der Waals surface area contributed by atoms with Gasteiger partial charge in [-0.25, -0.2) is 10.8 Å². The minimum atomic E-state index is 0.359. The van der Waals surface area contributed by atoms with E-state index < -0.39 is 0 Å². The Morgan fingerprint density at radius 1 is 0.814 bits per heavy atom. The van der Waals surface area contributed by atoms with Crippen molar-refractivity contribution in [3.8, 4) is 22.6 Å². The summed E-state index contributed by atoms with van der Waals surface area (Å²) in [5.74, 6) is 10.2. The molecule has 10 heteroatoms. The SMILES string of the molecule is CC(C)CCNc1nc(NCCC(C)C)nc(/C(N)=C/N(N)CCCc2nc(-c3ccccc3)c(-c3ccccc3)o2)n1. The highest BCUT2D eigenvalue weighted by Crippen LogP contribution is 2.32. The minimum absolute atomic E-state index is 0.359. The Bertz CT molecular complexity index is 1350. The lowest BCUT2D eigenvalue weighted by Gasteiger charge is -2.15. The summed E-state index contributed by atoms with van der Waals surface area (Å²) in [7, 11) is 0. The van der Waals surface area contributed by atoms with Crippen LogP contribution in [0.2, 0.25) is 0 Å². The van der Waals surface area contributed by atoms with Crippen LogP contribution in [0.5, 0.6) is 0 Å². The fraction of sp³-hybridized carbons (Fsp3) is 0.394. The molecule has 2 heterocycles. The summed E-state index contributed by atoms with van der Waals surface area (Å²) in [4.78, 5) is 18.5. The fourth-order valence-electron chi connectivity index (χ4n) is 4.37. The molecule has 0 aliphatic carbocycles. The van der Waals surface area contributed by atoms with Gasteiger partial charge >= 0.3 is 0 Å². The lowest BCUT2D eigenvalue weighted by atomic mass is 10.1. The number of rotatable bonds is 16. The van der Waals surface area contributed by atoms with Gasteiger partial charge in [0, 0.05) is 43.4 Å². The van der Waals surface area contributed by atoms with Crippen molar-refractivity contribution in [1.82, 2.24) is 24.9 Å². The van der Waals surface area contributed by atoms with Gasteiger partial charge in [-0.3, -0.25) is 0 Å². The predicted octanol–water partition coefficient (Wildman–Crippen LogP) is 6.18. The summed E-state index contributed by atoms with van der Waals surface area (Å²) in [5, 5.41) is 8.15. The molecule has 0 bridgehead atoms. The highest BCUT2D eigenvalue weighted by molar-refractivity contribution is 5.76. The topological polar surface area (TPSA) is 144 Å². The number of benzene rings is 2. The first kappa shape index (κ1) is 31.5. The number of oxazole rings is 1. The van der Waals surface area contributed by atoms with E-state index in [-0.39, 0.29) is 0 Å². The van der Waals surface area contributed by atoms with Crippen LogP contribution in [0.25, 0.3) is 28.3 Å². The Morgan fingerprint density at radius 2 is 1.37 bits per heavy atom. The molecule has 2 aromatic heterocycles. The maximum absolute atomic E-state index is 6.42. The van der Waals surface area contributed by atoms with E-state index in [1.807, 2.05) is 60.7 Å². The molecule has 0 saturated heterocycles. The zero-order chi connectivity index (χ0) is 30.6. The number of nitrogens with zero attached hydrogens (tertiary/aromatic N) is 5. The second kappa shape index (κ2) is 15.7. The van der Waals surface area contributed by atoms with Crippen molar-refractivity contribution in [2.45, 2.75) is 53.4 Å². The normalized spacial score (nSPS) is 11.7. The lowest BCUT2D eigenvalue weighted by molar-refractivity contribution is 0.376.